The van der Waals surface area contributed by atoms with Crippen molar-refractivity contribution in [2.24, 2.45) is 5.92 Å². The summed E-state index contributed by atoms with van der Waals surface area (Å²) >= 11 is 1.47. The van der Waals surface area contributed by atoms with Crippen LogP contribution in [0.1, 0.15) is 24.2 Å². The van der Waals surface area contributed by atoms with Crippen molar-refractivity contribution in [3.05, 3.63) is 48.0 Å². The zero-order valence-electron chi connectivity index (χ0n) is 16.1. The molecule has 0 fully saturated rings. The number of imidazole rings is 1. The highest BCUT2D eigenvalue weighted by atomic mass is 32.2. The van der Waals surface area contributed by atoms with Gasteiger partial charge in [-0.2, -0.15) is 0 Å². The van der Waals surface area contributed by atoms with E-state index in [0.717, 1.165) is 22.7 Å². The first-order chi connectivity index (χ1) is 13.0. The number of benzene rings is 2. The van der Waals surface area contributed by atoms with Gasteiger partial charge in [0.2, 0.25) is 0 Å². The third-order valence-electron chi connectivity index (χ3n) is 4.21. The second-order valence-corrected chi connectivity index (χ2v) is 7.61. The van der Waals surface area contributed by atoms with E-state index in [-0.39, 0.29) is 5.78 Å². The molecule has 0 N–H and O–H groups in total. The molecule has 0 bridgehead atoms. The minimum absolute atomic E-state index is 0.0316. The average Bonchev–Trinajstić information content (AvgIpc) is 3.02. The van der Waals surface area contributed by atoms with Crippen molar-refractivity contribution in [1.29, 1.82) is 0 Å². The molecule has 0 spiro atoms. The number of para-hydroxylation sites is 2. The molecule has 142 valence electrons. The zero-order chi connectivity index (χ0) is 19.4. The molecule has 0 aliphatic carbocycles. The molecule has 1 aromatic heterocycles. The lowest BCUT2D eigenvalue weighted by Gasteiger charge is -2.11. The van der Waals surface area contributed by atoms with Crippen molar-refractivity contribution in [3.63, 3.8) is 0 Å². The van der Waals surface area contributed by atoms with Crippen molar-refractivity contribution in [3.8, 4) is 11.5 Å². The molecule has 2 aromatic carbocycles. The SMILES string of the molecule is COc1ccc(C(=O)CSc2nc3ccccc3n2CC(C)C)cc1OC. The standard InChI is InChI=1S/C21H24N2O3S/c1-14(2)12-23-17-8-6-5-7-16(17)22-21(23)27-13-18(24)15-9-10-19(25-3)20(11-15)26-4/h5-11,14H,12-13H2,1-4H3. The monoisotopic (exact) mass is 384 g/mol. The Bertz CT molecular complexity index is 950. The van der Waals surface area contributed by atoms with E-state index in [0.29, 0.717) is 28.7 Å². The Morgan fingerprint density at radius 3 is 2.56 bits per heavy atom. The van der Waals surface area contributed by atoms with Gasteiger partial charge in [-0.05, 0) is 36.2 Å². The number of thioether (sulfide) groups is 1. The van der Waals surface area contributed by atoms with Gasteiger partial charge in [0, 0.05) is 12.1 Å². The number of ketones is 1. The predicted molar refractivity (Wildman–Crippen MR) is 109 cm³/mol. The van der Waals surface area contributed by atoms with E-state index in [2.05, 4.69) is 24.5 Å². The van der Waals surface area contributed by atoms with Crippen LogP contribution >= 0.6 is 11.8 Å². The fourth-order valence-corrected chi connectivity index (χ4v) is 3.85. The van der Waals surface area contributed by atoms with Gasteiger partial charge in [-0.1, -0.05) is 37.7 Å². The summed E-state index contributed by atoms with van der Waals surface area (Å²) in [6.07, 6.45) is 0. The highest BCUT2D eigenvalue weighted by Crippen LogP contribution is 2.29. The van der Waals surface area contributed by atoms with Crippen molar-refractivity contribution in [2.45, 2.75) is 25.5 Å². The second kappa shape index (κ2) is 8.48. The molecule has 0 saturated carbocycles. The van der Waals surface area contributed by atoms with Gasteiger partial charge in [-0.3, -0.25) is 4.79 Å². The average molecular weight is 385 g/mol. The molecule has 3 rings (SSSR count). The van der Waals surface area contributed by atoms with E-state index in [1.165, 1.54) is 11.8 Å². The zero-order valence-corrected chi connectivity index (χ0v) is 16.9. The predicted octanol–water partition coefficient (Wildman–Crippen LogP) is 4.68. The van der Waals surface area contributed by atoms with Gasteiger partial charge in [0.1, 0.15) is 0 Å². The molecule has 0 aliphatic rings. The maximum atomic E-state index is 12.7. The van der Waals surface area contributed by atoms with Crippen molar-refractivity contribution < 1.29 is 14.3 Å². The number of carbonyl (C=O) groups excluding carboxylic acids is 1. The topological polar surface area (TPSA) is 53.3 Å². The first kappa shape index (κ1) is 19.3. The van der Waals surface area contributed by atoms with E-state index >= 15 is 0 Å². The molecule has 0 atom stereocenters. The minimum atomic E-state index is 0.0316. The molecule has 0 unspecified atom stereocenters. The summed E-state index contributed by atoms with van der Waals surface area (Å²) in [7, 11) is 3.14. The Kier molecular flexibility index (Phi) is 6.06. The number of rotatable bonds is 8. The third kappa shape index (κ3) is 4.27. The molecule has 0 aliphatic heterocycles. The van der Waals surface area contributed by atoms with Crippen molar-refractivity contribution in [1.82, 2.24) is 9.55 Å². The molecule has 0 saturated heterocycles. The van der Waals surface area contributed by atoms with Gasteiger partial charge in [-0.25, -0.2) is 4.98 Å². The highest BCUT2D eigenvalue weighted by molar-refractivity contribution is 7.99. The maximum absolute atomic E-state index is 12.7. The number of methoxy groups -OCH3 is 2. The number of Topliss-reactive ketones (excluding diaryl/α,β-unsaturated/α-hetero) is 1. The number of hydrogen-bond acceptors (Lipinski definition) is 5. The van der Waals surface area contributed by atoms with Gasteiger partial charge in [0.05, 0.1) is 31.0 Å². The number of ether oxygens (including phenoxy) is 2. The number of carbonyl (C=O) groups is 1. The Hall–Kier alpha value is -2.47. The van der Waals surface area contributed by atoms with Crippen molar-refractivity contribution in [2.75, 3.05) is 20.0 Å². The summed E-state index contributed by atoms with van der Waals surface area (Å²) in [6.45, 7) is 5.23. The van der Waals surface area contributed by atoms with Crippen LogP contribution in [0, 0.1) is 5.92 Å². The summed E-state index contributed by atoms with van der Waals surface area (Å²) in [5, 5.41) is 0.874. The minimum Gasteiger partial charge on any atom is -0.493 e. The Labute approximate surface area is 163 Å². The van der Waals surface area contributed by atoms with Crippen LogP contribution in [0.2, 0.25) is 0 Å². The Morgan fingerprint density at radius 2 is 1.85 bits per heavy atom. The maximum Gasteiger partial charge on any atom is 0.173 e. The van der Waals surface area contributed by atoms with Crippen LogP contribution in [0.4, 0.5) is 0 Å². The molecule has 6 heteroatoms. The van der Waals surface area contributed by atoms with E-state index < -0.39 is 0 Å². The van der Waals surface area contributed by atoms with Gasteiger partial charge >= 0.3 is 0 Å². The number of fused-ring (bicyclic) bond motifs is 1. The van der Waals surface area contributed by atoms with Crippen LogP contribution in [-0.4, -0.2) is 35.3 Å². The molecular weight excluding hydrogens is 360 g/mol. The van der Waals surface area contributed by atoms with E-state index in [1.807, 2.05) is 18.2 Å². The first-order valence-corrected chi connectivity index (χ1v) is 9.85. The van der Waals surface area contributed by atoms with Gasteiger partial charge in [-0.15, -0.1) is 0 Å². The molecule has 5 nitrogen and oxygen atoms in total. The van der Waals surface area contributed by atoms with Gasteiger partial charge in [0.25, 0.3) is 0 Å². The molecular formula is C21H24N2O3S. The second-order valence-electron chi connectivity index (χ2n) is 6.67. The highest BCUT2D eigenvalue weighted by Gasteiger charge is 2.16. The largest absolute Gasteiger partial charge is 0.493 e. The van der Waals surface area contributed by atoms with Crippen LogP contribution in [0.25, 0.3) is 11.0 Å². The normalized spacial score (nSPS) is 11.1. The van der Waals surface area contributed by atoms with Crippen LogP contribution in [0.15, 0.2) is 47.6 Å². The van der Waals surface area contributed by atoms with Crippen LogP contribution < -0.4 is 9.47 Å². The lowest BCUT2D eigenvalue weighted by Crippen LogP contribution is -2.08. The van der Waals surface area contributed by atoms with Gasteiger partial charge < -0.3 is 14.0 Å². The van der Waals surface area contributed by atoms with Crippen LogP contribution in [0.5, 0.6) is 11.5 Å². The van der Waals surface area contributed by atoms with Crippen LogP contribution in [0.3, 0.4) is 0 Å². The quantitative estimate of drug-likeness (QED) is 0.417. The summed E-state index contributed by atoms with van der Waals surface area (Å²) in [5.74, 6) is 2.00. The Balaban J connectivity index is 1.81. The fraction of sp³-hybridized carbons (Fsp3) is 0.333. The number of aromatic nitrogens is 2. The molecule has 27 heavy (non-hydrogen) atoms. The summed E-state index contributed by atoms with van der Waals surface area (Å²) in [6, 6.07) is 13.3. The molecule has 0 amide bonds. The summed E-state index contributed by atoms with van der Waals surface area (Å²) in [5.41, 5.74) is 2.66. The first-order valence-electron chi connectivity index (χ1n) is 8.86. The van der Waals surface area contributed by atoms with Crippen molar-refractivity contribution >= 4 is 28.6 Å². The van der Waals surface area contributed by atoms with E-state index in [1.54, 1.807) is 32.4 Å². The van der Waals surface area contributed by atoms with E-state index in [9.17, 15) is 4.79 Å². The fourth-order valence-electron chi connectivity index (χ4n) is 2.93. The van der Waals surface area contributed by atoms with Crippen LogP contribution in [-0.2, 0) is 6.54 Å². The molecule has 1 heterocycles. The lowest BCUT2D eigenvalue weighted by atomic mass is 10.1. The molecule has 3 aromatic rings. The summed E-state index contributed by atoms with van der Waals surface area (Å²) in [4.78, 5) is 17.4. The van der Waals surface area contributed by atoms with Gasteiger partial charge in [0.15, 0.2) is 22.4 Å². The summed E-state index contributed by atoms with van der Waals surface area (Å²) < 4.78 is 12.7. The van der Waals surface area contributed by atoms with E-state index in [4.69, 9.17) is 14.5 Å². The lowest BCUT2D eigenvalue weighted by molar-refractivity contribution is 0.102. The number of hydrogen-bond donors (Lipinski definition) is 0. The smallest absolute Gasteiger partial charge is 0.173 e. The Morgan fingerprint density at radius 1 is 1.11 bits per heavy atom. The molecule has 0 radical (unpaired) electrons. The third-order valence-corrected chi connectivity index (χ3v) is 5.18. The number of nitrogens with zero attached hydrogens (tertiary/aromatic N) is 2.